The fourth-order valence-electron chi connectivity index (χ4n) is 2.37. The number of carbonyl (C=O) groups is 1. The van der Waals surface area contributed by atoms with E-state index in [-0.39, 0.29) is 17.6 Å². The summed E-state index contributed by atoms with van der Waals surface area (Å²) < 4.78 is 4.92. The number of esters is 1. The average molecular weight is 242 g/mol. The third-order valence-corrected chi connectivity index (χ3v) is 3.51. The summed E-state index contributed by atoms with van der Waals surface area (Å²) in [7, 11) is 1.47. The van der Waals surface area contributed by atoms with Gasteiger partial charge in [0.05, 0.1) is 7.11 Å². The van der Waals surface area contributed by atoms with Crippen molar-refractivity contribution >= 4 is 5.97 Å². The van der Waals surface area contributed by atoms with E-state index >= 15 is 0 Å². The molecule has 1 fully saturated rings. The molecule has 4 nitrogen and oxygen atoms in total. The molecular formula is C13H26N2O2. The fourth-order valence-corrected chi connectivity index (χ4v) is 2.37. The van der Waals surface area contributed by atoms with Crippen LogP contribution in [0.25, 0.3) is 0 Å². The molecule has 0 amide bonds. The van der Waals surface area contributed by atoms with Gasteiger partial charge in [0.1, 0.15) is 6.04 Å². The predicted molar refractivity (Wildman–Crippen MR) is 69.0 cm³/mol. The van der Waals surface area contributed by atoms with E-state index in [0.29, 0.717) is 6.04 Å². The molecule has 0 saturated carbocycles. The van der Waals surface area contributed by atoms with E-state index in [2.05, 4.69) is 44.4 Å². The molecule has 0 aliphatic carbocycles. The van der Waals surface area contributed by atoms with Gasteiger partial charge in [-0.2, -0.15) is 0 Å². The molecule has 0 radical (unpaired) electrons. The minimum Gasteiger partial charge on any atom is -0.468 e. The van der Waals surface area contributed by atoms with Crippen LogP contribution in [0.4, 0.5) is 0 Å². The van der Waals surface area contributed by atoms with Crippen molar-refractivity contribution in [3.8, 4) is 0 Å². The highest BCUT2D eigenvalue weighted by Gasteiger charge is 2.37. The van der Waals surface area contributed by atoms with E-state index in [0.717, 1.165) is 19.6 Å². The highest BCUT2D eigenvalue weighted by Crippen LogP contribution is 2.21. The third kappa shape index (κ3) is 3.42. The molecule has 1 aliphatic rings. The van der Waals surface area contributed by atoms with Crippen molar-refractivity contribution in [3.63, 3.8) is 0 Å². The molecular weight excluding hydrogens is 216 g/mol. The van der Waals surface area contributed by atoms with E-state index in [4.69, 9.17) is 4.74 Å². The maximum absolute atomic E-state index is 11.9. The van der Waals surface area contributed by atoms with E-state index in [1.165, 1.54) is 7.11 Å². The number of hydrogen-bond acceptors (Lipinski definition) is 4. The third-order valence-electron chi connectivity index (χ3n) is 3.51. The summed E-state index contributed by atoms with van der Waals surface area (Å²) in [6.45, 7) is 13.5. The Morgan fingerprint density at radius 2 is 1.88 bits per heavy atom. The van der Waals surface area contributed by atoms with Crippen LogP contribution in [0.15, 0.2) is 0 Å². The van der Waals surface area contributed by atoms with Crippen molar-refractivity contribution in [2.45, 2.75) is 52.2 Å². The molecule has 1 saturated heterocycles. The molecule has 0 aromatic carbocycles. The van der Waals surface area contributed by atoms with Gasteiger partial charge < -0.3 is 4.74 Å². The Hall–Kier alpha value is -0.610. The Morgan fingerprint density at radius 1 is 1.29 bits per heavy atom. The Morgan fingerprint density at radius 3 is 2.29 bits per heavy atom. The molecule has 0 aromatic rings. The minimum atomic E-state index is -0.132. The van der Waals surface area contributed by atoms with Gasteiger partial charge in [-0.1, -0.05) is 0 Å². The van der Waals surface area contributed by atoms with Crippen LogP contribution in [0.3, 0.4) is 0 Å². The highest BCUT2D eigenvalue weighted by atomic mass is 16.5. The van der Waals surface area contributed by atoms with Gasteiger partial charge in [0.2, 0.25) is 0 Å². The standard InChI is InChI=1S/C13H26N2O2/c1-10(2)15-8-7-14(13(3,4)5)9-11(15)12(16)17-6/h10-11H,7-9H2,1-6H3/t11-/m1/s1. The number of hydrogen-bond donors (Lipinski definition) is 0. The molecule has 100 valence electrons. The van der Waals surface area contributed by atoms with Crippen LogP contribution in [0.2, 0.25) is 0 Å². The molecule has 0 spiro atoms. The zero-order valence-corrected chi connectivity index (χ0v) is 12.0. The zero-order chi connectivity index (χ0) is 13.2. The van der Waals surface area contributed by atoms with Gasteiger partial charge in [-0.15, -0.1) is 0 Å². The van der Waals surface area contributed by atoms with Crippen LogP contribution in [0, 0.1) is 0 Å². The summed E-state index contributed by atoms with van der Waals surface area (Å²) in [6, 6.07) is 0.245. The lowest BCUT2D eigenvalue weighted by molar-refractivity contribution is -0.151. The van der Waals surface area contributed by atoms with Crippen molar-refractivity contribution in [2.75, 3.05) is 26.7 Å². The van der Waals surface area contributed by atoms with Crippen LogP contribution in [0.5, 0.6) is 0 Å². The molecule has 1 heterocycles. The summed E-state index contributed by atoms with van der Waals surface area (Å²) in [5, 5.41) is 0. The van der Waals surface area contributed by atoms with Crippen LogP contribution in [-0.2, 0) is 9.53 Å². The fraction of sp³-hybridized carbons (Fsp3) is 0.923. The quantitative estimate of drug-likeness (QED) is 0.684. The molecule has 0 N–H and O–H groups in total. The molecule has 1 rings (SSSR count). The molecule has 0 unspecified atom stereocenters. The van der Waals surface area contributed by atoms with Gasteiger partial charge >= 0.3 is 5.97 Å². The Bertz CT molecular complexity index is 271. The molecule has 17 heavy (non-hydrogen) atoms. The first kappa shape index (κ1) is 14.5. The number of methoxy groups -OCH3 is 1. The van der Waals surface area contributed by atoms with Gasteiger partial charge in [-0.05, 0) is 34.6 Å². The molecule has 0 aromatic heterocycles. The minimum absolute atomic E-state index is 0.106. The predicted octanol–water partition coefficient (Wildman–Crippen LogP) is 1.35. The van der Waals surface area contributed by atoms with Gasteiger partial charge in [-0.3, -0.25) is 14.6 Å². The van der Waals surface area contributed by atoms with Gasteiger partial charge in [0.15, 0.2) is 0 Å². The Balaban J connectivity index is 2.80. The van der Waals surface area contributed by atoms with Crippen LogP contribution < -0.4 is 0 Å². The van der Waals surface area contributed by atoms with Gasteiger partial charge in [0, 0.05) is 31.2 Å². The second-order valence-corrected chi connectivity index (χ2v) is 5.99. The average Bonchev–Trinajstić information content (AvgIpc) is 2.25. The van der Waals surface area contributed by atoms with E-state index < -0.39 is 0 Å². The number of piperazine rings is 1. The lowest BCUT2D eigenvalue weighted by Crippen LogP contribution is -2.62. The second-order valence-electron chi connectivity index (χ2n) is 5.99. The van der Waals surface area contributed by atoms with Crippen molar-refractivity contribution in [1.29, 1.82) is 0 Å². The number of ether oxygens (including phenoxy) is 1. The number of carbonyl (C=O) groups excluding carboxylic acids is 1. The Kier molecular flexibility index (Phi) is 4.55. The van der Waals surface area contributed by atoms with Crippen LogP contribution in [-0.4, -0.2) is 60.1 Å². The summed E-state index contributed by atoms with van der Waals surface area (Å²) in [6.07, 6.45) is 0. The monoisotopic (exact) mass is 242 g/mol. The first-order chi connectivity index (χ1) is 7.77. The van der Waals surface area contributed by atoms with Crippen LogP contribution >= 0.6 is 0 Å². The second kappa shape index (κ2) is 5.36. The first-order valence-corrected chi connectivity index (χ1v) is 6.36. The van der Waals surface area contributed by atoms with Gasteiger partial charge in [0.25, 0.3) is 0 Å². The summed E-state index contributed by atoms with van der Waals surface area (Å²) >= 11 is 0. The van der Waals surface area contributed by atoms with Crippen molar-refractivity contribution in [1.82, 2.24) is 9.80 Å². The van der Waals surface area contributed by atoms with E-state index in [1.807, 2.05) is 0 Å². The largest absolute Gasteiger partial charge is 0.468 e. The maximum atomic E-state index is 11.9. The molecule has 4 heteroatoms. The SMILES string of the molecule is COC(=O)[C@H]1CN(C(C)(C)C)CCN1C(C)C. The van der Waals surface area contributed by atoms with Crippen LogP contribution in [0.1, 0.15) is 34.6 Å². The normalized spacial score (nSPS) is 24.1. The summed E-state index contributed by atoms with van der Waals surface area (Å²) in [4.78, 5) is 16.4. The Labute approximate surface area is 105 Å². The number of nitrogens with zero attached hydrogens (tertiary/aromatic N) is 2. The lowest BCUT2D eigenvalue weighted by atomic mass is 10.0. The lowest BCUT2D eigenvalue weighted by Gasteiger charge is -2.46. The molecule has 1 atom stereocenters. The topological polar surface area (TPSA) is 32.8 Å². The van der Waals surface area contributed by atoms with E-state index in [9.17, 15) is 4.79 Å². The summed E-state index contributed by atoms with van der Waals surface area (Å²) in [5.74, 6) is -0.118. The zero-order valence-electron chi connectivity index (χ0n) is 12.0. The smallest absolute Gasteiger partial charge is 0.324 e. The highest BCUT2D eigenvalue weighted by molar-refractivity contribution is 5.76. The van der Waals surface area contributed by atoms with Crippen molar-refractivity contribution in [2.24, 2.45) is 0 Å². The van der Waals surface area contributed by atoms with E-state index in [1.54, 1.807) is 0 Å². The first-order valence-electron chi connectivity index (χ1n) is 6.36. The summed E-state index contributed by atoms with van der Waals surface area (Å²) in [5.41, 5.74) is 0.106. The van der Waals surface area contributed by atoms with Crippen molar-refractivity contribution in [3.05, 3.63) is 0 Å². The molecule has 1 aliphatic heterocycles. The molecule has 0 bridgehead atoms. The maximum Gasteiger partial charge on any atom is 0.324 e. The van der Waals surface area contributed by atoms with Crippen molar-refractivity contribution < 1.29 is 9.53 Å². The number of rotatable bonds is 2. The van der Waals surface area contributed by atoms with Gasteiger partial charge in [-0.25, -0.2) is 0 Å².